The zero-order valence-electron chi connectivity index (χ0n) is 8.04. The number of rotatable bonds is 1. The minimum absolute atomic E-state index is 0.415. The summed E-state index contributed by atoms with van der Waals surface area (Å²) in [6.07, 6.45) is 1.37. The van der Waals surface area contributed by atoms with E-state index in [1.165, 1.54) is 18.5 Å². The van der Waals surface area contributed by atoms with Crippen molar-refractivity contribution in [3.8, 4) is 11.3 Å². The summed E-state index contributed by atoms with van der Waals surface area (Å²) in [5.41, 5.74) is 1.68. The summed E-state index contributed by atoms with van der Waals surface area (Å²) in [4.78, 5) is 7.86. The van der Waals surface area contributed by atoms with Crippen molar-refractivity contribution in [1.29, 1.82) is 0 Å². The van der Waals surface area contributed by atoms with Gasteiger partial charge in [-0.25, -0.2) is 18.7 Å². The molecule has 0 N–H and O–H groups in total. The normalized spacial score (nSPS) is 10.3. The zero-order valence-corrected chi connectivity index (χ0v) is 8.04. The van der Waals surface area contributed by atoms with E-state index >= 15 is 0 Å². The van der Waals surface area contributed by atoms with Gasteiger partial charge in [-0.3, -0.25) is 0 Å². The maximum Gasteiger partial charge on any atom is 0.126 e. The summed E-state index contributed by atoms with van der Waals surface area (Å²) >= 11 is 0. The van der Waals surface area contributed by atoms with E-state index in [4.69, 9.17) is 0 Å². The first-order chi connectivity index (χ1) is 7.15. The molecule has 0 aliphatic carbocycles. The molecule has 1 aromatic carbocycles. The SMILES string of the molecule is Cc1cc(-c2cc(F)cc(F)c2)ncn1. The number of benzene rings is 1. The molecule has 0 bridgehead atoms. The molecule has 2 rings (SSSR count). The largest absolute Gasteiger partial charge is 0.242 e. The second-order valence-electron chi connectivity index (χ2n) is 3.20. The van der Waals surface area contributed by atoms with Crippen LogP contribution in [0.4, 0.5) is 8.78 Å². The Morgan fingerprint density at radius 1 is 0.933 bits per heavy atom. The van der Waals surface area contributed by atoms with Gasteiger partial charge in [-0.2, -0.15) is 0 Å². The molecule has 15 heavy (non-hydrogen) atoms. The number of aromatic nitrogens is 2. The van der Waals surface area contributed by atoms with Crippen LogP contribution < -0.4 is 0 Å². The molecule has 0 aliphatic rings. The van der Waals surface area contributed by atoms with E-state index in [9.17, 15) is 8.78 Å². The standard InChI is InChI=1S/C11H8F2N2/c1-7-2-11(15-6-14-7)8-3-9(12)5-10(13)4-8/h2-6H,1H3. The maximum atomic E-state index is 12.9. The van der Waals surface area contributed by atoms with E-state index in [0.29, 0.717) is 11.3 Å². The maximum absolute atomic E-state index is 12.9. The highest BCUT2D eigenvalue weighted by Gasteiger charge is 2.04. The summed E-state index contributed by atoms with van der Waals surface area (Å²) < 4.78 is 25.9. The Bertz CT molecular complexity index is 477. The molecule has 0 fully saturated rings. The quantitative estimate of drug-likeness (QED) is 0.716. The Labute approximate surface area is 85.6 Å². The average Bonchev–Trinajstić information content (AvgIpc) is 2.16. The minimum Gasteiger partial charge on any atom is -0.242 e. The number of hydrogen-bond donors (Lipinski definition) is 0. The molecule has 2 nitrogen and oxygen atoms in total. The van der Waals surface area contributed by atoms with Crippen molar-refractivity contribution in [1.82, 2.24) is 9.97 Å². The number of hydrogen-bond acceptors (Lipinski definition) is 2. The highest BCUT2D eigenvalue weighted by molar-refractivity contribution is 5.59. The molecular weight excluding hydrogens is 198 g/mol. The van der Waals surface area contributed by atoms with Crippen LogP contribution in [0.15, 0.2) is 30.6 Å². The fourth-order valence-corrected chi connectivity index (χ4v) is 1.31. The van der Waals surface area contributed by atoms with E-state index in [-0.39, 0.29) is 0 Å². The lowest BCUT2D eigenvalue weighted by Gasteiger charge is -2.01. The third-order valence-corrected chi connectivity index (χ3v) is 1.96. The van der Waals surface area contributed by atoms with Gasteiger partial charge >= 0.3 is 0 Å². The molecular formula is C11H8F2N2. The summed E-state index contributed by atoms with van der Waals surface area (Å²) in [7, 11) is 0. The predicted octanol–water partition coefficient (Wildman–Crippen LogP) is 2.73. The number of nitrogens with zero attached hydrogens (tertiary/aromatic N) is 2. The van der Waals surface area contributed by atoms with Crippen molar-refractivity contribution in [2.24, 2.45) is 0 Å². The Morgan fingerprint density at radius 3 is 2.20 bits per heavy atom. The van der Waals surface area contributed by atoms with Crippen LogP contribution >= 0.6 is 0 Å². The molecule has 0 unspecified atom stereocenters. The second-order valence-corrected chi connectivity index (χ2v) is 3.20. The van der Waals surface area contributed by atoms with Gasteiger partial charge in [-0.05, 0) is 25.1 Å². The first-order valence-corrected chi connectivity index (χ1v) is 4.40. The Morgan fingerprint density at radius 2 is 1.60 bits per heavy atom. The minimum atomic E-state index is -0.610. The first-order valence-electron chi connectivity index (χ1n) is 4.40. The van der Waals surface area contributed by atoms with Crippen LogP contribution in [0, 0.1) is 18.6 Å². The molecule has 1 aromatic heterocycles. The second kappa shape index (κ2) is 3.73. The first kappa shape index (κ1) is 9.71. The van der Waals surface area contributed by atoms with Crippen LogP contribution in [0.2, 0.25) is 0 Å². The van der Waals surface area contributed by atoms with Crippen LogP contribution in [-0.4, -0.2) is 9.97 Å². The van der Waals surface area contributed by atoms with Crippen molar-refractivity contribution < 1.29 is 8.78 Å². The van der Waals surface area contributed by atoms with Gasteiger partial charge in [-0.15, -0.1) is 0 Å². The Kier molecular flexibility index (Phi) is 2.41. The molecule has 0 saturated heterocycles. The van der Waals surface area contributed by atoms with Crippen LogP contribution in [0.3, 0.4) is 0 Å². The van der Waals surface area contributed by atoms with Gasteiger partial charge in [-0.1, -0.05) is 0 Å². The summed E-state index contributed by atoms with van der Waals surface area (Å²) in [6.45, 7) is 1.79. The third kappa shape index (κ3) is 2.15. The number of aryl methyl sites for hydroxylation is 1. The Balaban J connectivity index is 2.54. The number of halogens is 2. The highest BCUT2D eigenvalue weighted by Crippen LogP contribution is 2.19. The van der Waals surface area contributed by atoms with E-state index in [1.54, 1.807) is 13.0 Å². The van der Waals surface area contributed by atoms with Gasteiger partial charge < -0.3 is 0 Å². The van der Waals surface area contributed by atoms with Gasteiger partial charge in [0.25, 0.3) is 0 Å². The molecule has 0 radical (unpaired) electrons. The molecule has 0 spiro atoms. The molecule has 0 amide bonds. The fraction of sp³-hybridized carbons (Fsp3) is 0.0909. The monoisotopic (exact) mass is 206 g/mol. The average molecular weight is 206 g/mol. The van der Waals surface area contributed by atoms with E-state index < -0.39 is 11.6 Å². The zero-order chi connectivity index (χ0) is 10.8. The highest BCUT2D eigenvalue weighted by atomic mass is 19.1. The van der Waals surface area contributed by atoms with Crippen molar-refractivity contribution in [2.45, 2.75) is 6.92 Å². The molecule has 2 aromatic rings. The van der Waals surface area contributed by atoms with Crippen molar-refractivity contribution >= 4 is 0 Å². The van der Waals surface area contributed by atoms with Crippen LogP contribution in [0.25, 0.3) is 11.3 Å². The van der Waals surface area contributed by atoms with Crippen LogP contribution in [0.5, 0.6) is 0 Å². The van der Waals surface area contributed by atoms with Gasteiger partial charge in [0.1, 0.15) is 18.0 Å². The van der Waals surface area contributed by atoms with Gasteiger partial charge in [0, 0.05) is 17.3 Å². The summed E-state index contributed by atoms with van der Waals surface area (Å²) in [5, 5.41) is 0. The topological polar surface area (TPSA) is 25.8 Å². The van der Waals surface area contributed by atoms with E-state index in [2.05, 4.69) is 9.97 Å². The van der Waals surface area contributed by atoms with Crippen molar-refractivity contribution in [3.05, 3.63) is 47.9 Å². The molecule has 0 atom stereocenters. The van der Waals surface area contributed by atoms with Crippen molar-refractivity contribution in [2.75, 3.05) is 0 Å². The van der Waals surface area contributed by atoms with Gasteiger partial charge in [0.15, 0.2) is 0 Å². The van der Waals surface area contributed by atoms with Crippen LogP contribution in [0.1, 0.15) is 5.69 Å². The summed E-state index contributed by atoms with van der Waals surface area (Å²) in [6, 6.07) is 4.99. The summed E-state index contributed by atoms with van der Waals surface area (Å²) in [5.74, 6) is -1.22. The Hall–Kier alpha value is -1.84. The molecule has 76 valence electrons. The lowest BCUT2D eigenvalue weighted by Crippen LogP contribution is -1.90. The molecule has 0 aliphatic heterocycles. The van der Waals surface area contributed by atoms with E-state index in [1.807, 2.05) is 0 Å². The fourth-order valence-electron chi connectivity index (χ4n) is 1.31. The van der Waals surface area contributed by atoms with Crippen molar-refractivity contribution in [3.63, 3.8) is 0 Å². The molecule has 1 heterocycles. The lowest BCUT2D eigenvalue weighted by atomic mass is 10.1. The molecule has 4 heteroatoms. The lowest BCUT2D eigenvalue weighted by molar-refractivity contribution is 0.584. The van der Waals surface area contributed by atoms with Gasteiger partial charge in [0.05, 0.1) is 5.69 Å². The smallest absolute Gasteiger partial charge is 0.126 e. The third-order valence-electron chi connectivity index (χ3n) is 1.96. The van der Waals surface area contributed by atoms with E-state index in [0.717, 1.165) is 11.8 Å². The molecule has 0 saturated carbocycles. The van der Waals surface area contributed by atoms with Crippen LogP contribution in [-0.2, 0) is 0 Å². The predicted molar refractivity (Wildman–Crippen MR) is 52.1 cm³/mol. The van der Waals surface area contributed by atoms with Gasteiger partial charge in [0.2, 0.25) is 0 Å².